The quantitative estimate of drug-likeness (QED) is 0.730. The first-order valence-electron chi connectivity index (χ1n) is 9.23. The number of halogens is 1. The molecule has 1 aliphatic carbocycles. The molecule has 0 bridgehead atoms. The molecule has 1 aromatic rings. The van der Waals surface area contributed by atoms with Crippen LogP contribution in [0.15, 0.2) is 75.4 Å². The van der Waals surface area contributed by atoms with Gasteiger partial charge in [-0.2, -0.15) is 5.26 Å². The van der Waals surface area contributed by atoms with Crippen molar-refractivity contribution < 1.29 is 4.79 Å². The zero-order valence-electron chi connectivity index (χ0n) is 16.0. The van der Waals surface area contributed by atoms with Gasteiger partial charge in [-0.05, 0) is 50.8 Å². The fourth-order valence-corrected chi connectivity index (χ4v) is 3.23. The second-order valence-electron chi connectivity index (χ2n) is 7.29. The van der Waals surface area contributed by atoms with E-state index < -0.39 is 5.41 Å². The molecule has 2 aliphatic rings. The molecule has 0 aromatic heterocycles. The van der Waals surface area contributed by atoms with E-state index in [0.29, 0.717) is 17.7 Å². The van der Waals surface area contributed by atoms with Gasteiger partial charge in [0.2, 0.25) is 0 Å². The van der Waals surface area contributed by atoms with Gasteiger partial charge in [0.1, 0.15) is 0 Å². The van der Waals surface area contributed by atoms with Gasteiger partial charge in [0.25, 0.3) is 5.91 Å². The summed E-state index contributed by atoms with van der Waals surface area (Å²) >= 11 is 6.30. The molecule has 0 spiro atoms. The molecule has 1 heterocycles. The summed E-state index contributed by atoms with van der Waals surface area (Å²) in [6.45, 7) is 3.73. The molecule has 3 rings (SSSR count). The number of benzene rings is 1. The molecular formula is C23H22ClN3O. The molecule has 0 unspecified atom stereocenters. The maximum absolute atomic E-state index is 12.6. The molecule has 1 aliphatic heterocycles. The third-order valence-electron chi connectivity index (χ3n) is 4.78. The number of rotatable bonds is 4. The molecule has 1 N–H and O–H groups in total. The number of carbonyl (C=O) groups is 1. The summed E-state index contributed by atoms with van der Waals surface area (Å²) in [6, 6.07) is 9.66. The van der Waals surface area contributed by atoms with Crippen LogP contribution in [-0.4, -0.2) is 12.1 Å². The third-order valence-corrected chi connectivity index (χ3v) is 5.15. The van der Waals surface area contributed by atoms with Crippen molar-refractivity contribution in [3.63, 3.8) is 0 Å². The lowest BCUT2D eigenvalue weighted by Gasteiger charge is -2.16. The second kappa shape index (κ2) is 8.41. The number of nitriles is 1. The van der Waals surface area contributed by atoms with Crippen molar-refractivity contribution in [2.45, 2.75) is 38.5 Å². The van der Waals surface area contributed by atoms with Crippen molar-refractivity contribution in [3.05, 3.63) is 76.0 Å². The molecule has 0 radical (unpaired) electrons. The summed E-state index contributed by atoms with van der Waals surface area (Å²) in [7, 11) is 0. The average molecular weight is 392 g/mol. The minimum atomic E-state index is -0.560. The smallest absolute Gasteiger partial charge is 0.251 e. The van der Waals surface area contributed by atoms with E-state index in [1.54, 1.807) is 0 Å². The second-order valence-corrected chi connectivity index (χ2v) is 7.75. The molecule has 1 aromatic carbocycles. The van der Waals surface area contributed by atoms with Gasteiger partial charge >= 0.3 is 0 Å². The Labute approximate surface area is 170 Å². The molecule has 142 valence electrons. The third kappa shape index (κ3) is 4.49. The number of hydrogen-bond acceptors (Lipinski definition) is 3. The fraction of sp³-hybridized carbons (Fsp3) is 0.261. The van der Waals surface area contributed by atoms with Crippen LogP contribution in [0.3, 0.4) is 0 Å². The molecule has 5 heteroatoms. The van der Waals surface area contributed by atoms with E-state index in [2.05, 4.69) is 16.4 Å². The minimum Gasteiger partial charge on any atom is -0.322 e. The maximum atomic E-state index is 12.6. The van der Waals surface area contributed by atoms with E-state index in [0.717, 1.165) is 34.7 Å². The van der Waals surface area contributed by atoms with Crippen LogP contribution >= 0.6 is 11.6 Å². The lowest BCUT2D eigenvalue weighted by molar-refractivity contribution is -0.112. The van der Waals surface area contributed by atoms with Crippen LogP contribution < -0.4 is 5.32 Å². The fourth-order valence-electron chi connectivity index (χ4n) is 2.97. The van der Waals surface area contributed by atoms with E-state index in [1.165, 1.54) is 0 Å². The van der Waals surface area contributed by atoms with Crippen LogP contribution in [0.4, 0.5) is 5.69 Å². The summed E-state index contributed by atoms with van der Waals surface area (Å²) in [5, 5.41) is 12.9. The number of nitrogens with zero attached hydrogens (tertiary/aromatic N) is 2. The van der Waals surface area contributed by atoms with Crippen molar-refractivity contribution in [2.75, 3.05) is 5.32 Å². The van der Waals surface area contributed by atoms with Crippen LogP contribution in [0.25, 0.3) is 0 Å². The Bertz CT molecular complexity index is 970. The molecule has 4 nitrogen and oxygen atoms in total. The van der Waals surface area contributed by atoms with Crippen LogP contribution in [0.2, 0.25) is 0 Å². The van der Waals surface area contributed by atoms with Crippen molar-refractivity contribution in [3.8, 4) is 6.07 Å². The monoisotopic (exact) mass is 391 g/mol. The lowest BCUT2D eigenvalue weighted by atomic mass is 9.86. The van der Waals surface area contributed by atoms with Crippen LogP contribution in [-0.2, 0) is 10.2 Å². The number of anilines is 1. The Kier molecular flexibility index (Phi) is 5.96. The van der Waals surface area contributed by atoms with Crippen molar-refractivity contribution >= 4 is 29.4 Å². The summed E-state index contributed by atoms with van der Waals surface area (Å²) in [5.41, 5.74) is 3.39. The van der Waals surface area contributed by atoms with Gasteiger partial charge in [-0.15, -0.1) is 0 Å². The Balaban J connectivity index is 1.74. The van der Waals surface area contributed by atoms with E-state index in [-0.39, 0.29) is 5.91 Å². The molecular weight excluding hydrogens is 370 g/mol. The molecule has 0 atom stereocenters. The van der Waals surface area contributed by atoms with Gasteiger partial charge in [-0.3, -0.25) is 9.79 Å². The minimum absolute atomic E-state index is 0.151. The Morgan fingerprint density at radius 2 is 2.00 bits per heavy atom. The van der Waals surface area contributed by atoms with E-state index in [4.69, 9.17) is 11.6 Å². The Morgan fingerprint density at radius 3 is 2.68 bits per heavy atom. The van der Waals surface area contributed by atoms with Gasteiger partial charge in [-0.25, -0.2) is 0 Å². The maximum Gasteiger partial charge on any atom is 0.251 e. The topological polar surface area (TPSA) is 65.2 Å². The van der Waals surface area contributed by atoms with Gasteiger partial charge in [0.05, 0.1) is 17.2 Å². The number of aliphatic imine (C=N–C) groups is 1. The lowest BCUT2D eigenvalue weighted by Crippen LogP contribution is -2.16. The average Bonchev–Trinajstić information content (AvgIpc) is 2.95. The van der Waals surface area contributed by atoms with Gasteiger partial charge < -0.3 is 5.32 Å². The summed E-state index contributed by atoms with van der Waals surface area (Å²) in [6.07, 6.45) is 11.7. The Morgan fingerprint density at radius 1 is 1.25 bits per heavy atom. The zero-order chi connectivity index (χ0) is 20.1. The summed E-state index contributed by atoms with van der Waals surface area (Å²) < 4.78 is 0. The van der Waals surface area contributed by atoms with Crippen LogP contribution in [0, 0.1) is 11.3 Å². The van der Waals surface area contributed by atoms with Crippen LogP contribution in [0.5, 0.6) is 0 Å². The standard InChI is InChI=1S/C23H22ClN3O/c1-23(2,15-25)18-10-12-19(13-11-18)27-22(28)17-6-3-5-16(8-9-17)21-20(24)7-4-14-26-21/h3,5,8-14H,4,6-7H2,1-2H3,(H,27,28). The van der Waals surface area contributed by atoms with Crippen molar-refractivity contribution in [2.24, 2.45) is 4.99 Å². The van der Waals surface area contributed by atoms with E-state index >= 15 is 0 Å². The largest absolute Gasteiger partial charge is 0.322 e. The van der Waals surface area contributed by atoms with Crippen molar-refractivity contribution in [1.29, 1.82) is 5.26 Å². The first-order valence-corrected chi connectivity index (χ1v) is 9.60. The van der Waals surface area contributed by atoms with Gasteiger partial charge in [0, 0.05) is 28.1 Å². The molecule has 28 heavy (non-hydrogen) atoms. The van der Waals surface area contributed by atoms with E-state index in [9.17, 15) is 10.1 Å². The zero-order valence-corrected chi connectivity index (χ0v) is 16.8. The highest BCUT2D eigenvalue weighted by Gasteiger charge is 2.19. The number of carbonyl (C=O) groups excluding carboxylic acids is 1. The van der Waals surface area contributed by atoms with Gasteiger partial charge in [-0.1, -0.05) is 48.0 Å². The van der Waals surface area contributed by atoms with Gasteiger partial charge in [0.15, 0.2) is 0 Å². The molecule has 0 saturated carbocycles. The number of allylic oxidation sites excluding steroid dienone is 5. The highest BCUT2D eigenvalue weighted by molar-refractivity contribution is 6.30. The first kappa shape index (κ1) is 19.9. The SMILES string of the molecule is CC(C)(C#N)c1ccc(NC(=O)C2=CC=C(C3=C(Cl)CCC=N3)C=CC2)cc1. The van der Waals surface area contributed by atoms with Crippen molar-refractivity contribution in [1.82, 2.24) is 0 Å². The summed E-state index contributed by atoms with van der Waals surface area (Å²) in [5.74, 6) is -0.151. The predicted molar refractivity (Wildman–Crippen MR) is 114 cm³/mol. The number of nitrogens with one attached hydrogen (secondary N) is 1. The number of hydrogen-bond donors (Lipinski definition) is 1. The normalized spacial score (nSPS) is 16.8. The summed E-state index contributed by atoms with van der Waals surface area (Å²) in [4.78, 5) is 17.0. The molecule has 0 fully saturated rings. The first-order chi connectivity index (χ1) is 13.4. The number of amides is 1. The Hall–Kier alpha value is -2.90. The molecule has 0 saturated heterocycles. The van der Waals surface area contributed by atoms with Crippen LogP contribution in [0.1, 0.15) is 38.7 Å². The highest BCUT2D eigenvalue weighted by atomic mass is 35.5. The predicted octanol–water partition coefficient (Wildman–Crippen LogP) is 5.55. The molecule has 1 amide bonds. The highest BCUT2D eigenvalue weighted by Crippen LogP contribution is 2.29. The van der Waals surface area contributed by atoms with E-state index in [1.807, 2.05) is 68.6 Å².